The fraction of sp³-hybridized carbons (Fsp3) is 0.562. The van der Waals surface area contributed by atoms with Crippen molar-refractivity contribution in [2.45, 2.75) is 19.2 Å². The number of hydrogen-bond acceptors (Lipinski definition) is 4. The van der Waals surface area contributed by atoms with Crippen LogP contribution in [0.5, 0.6) is 5.75 Å². The summed E-state index contributed by atoms with van der Waals surface area (Å²) in [5, 5.41) is 9.35. The summed E-state index contributed by atoms with van der Waals surface area (Å²) < 4.78 is 43.1. The Balaban J connectivity index is 1.82. The van der Waals surface area contributed by atoms with Gasteiger partial charge in [-0.15, -0.1) is 0 Å². The number of rotatable bonds is 5. The summed E-state index contributed by atoms with van der Waals surface area (Å²) in [7, 11) is 0. The Morgan fingerprint density at radius 1 is 1.29 bits per heavy atom. The molecular weight excluding hydrogens is 325 g/mol. The molecule has 1 unspecified atom stereocenters. The normalized spacial score (nSPS) is 17.6. The van der Waals surface area contributed by atoms with Crippen molar-refractivity contribution in [2.24, 2.45) is 0 Å². The largest absolute Gasteiger partial charge is 0.484 e. The van der Waals surface area contributed by atoms with Gasteiger partial charge >= 0.3 is 6.18 Å². The van der Waals surface area contributed by atoms with Crippen LogP contribution in [0.4, 0.5) is 13.2 Å². The number of carbonyl (C=O) groups is 1. The summed E-state index contributed by atoms with van der Waals surface area (Å²) in [6.07, 6.45) is -4.86. The van der Waals surface area contributed by atoms with Crippen LogP contribution in [0.25, 0.3) is 0 Å². The van der Waals surface area contributed by atoms with Crippen LogP contribution in [-0.4, -0.2) is 66.2 Å². The number of amides is 1. The van der Waals surface area contributed by atoms with Gasteiger partial charge in [-0.25, -0.2) is 0 Å². The summed E-state index contributed by atoms with van der Waals surface area (Å²) in [5.74, 6) is -0.241. The van der Waals surface area contributed by atoms with E-state index in [1.54, 1.807) is 11.8 Å². The molecule has 1 amide bonds. The second kappa shape index (κ2) is 7.85. The third kappa shape index (κ3) is 5.38. The van der Waals surface area contributed by atoms with Gasteiger partial charge in [0.15, 0.2) is 6.61 Å². The summed E-state index contributed by atoms with van der Waals surface area (Å²) in [6.45, 7) is 4.30. The molecule has 1 aromatic rings. The number of aliphatic hydroxyl groups excluding tert-OH is 1. The number of ether oxygens (including phenoxy) is 1. The zero-order chi connectivity index (χ0) is 17.7. The van der Waals surface area contributed by atoms with E-state index >= 15 is 0 Å². The maximum absolute atomic E-state index is 12.6. The highest BCUT2D eigenvalue weighted by Gasteiger charge is 2.30. The van der Waals surface area contributed by atoms with Gasteiger partial charge in [0.05, 0.1) is 11.7 Å². The predicted octanol–water partition coefficient (Wildman–Crippen LogP) is 1.61. The van der Waals surface area contributed by atoms with E-state index in [0.29, 0.717) is 32.7 Å². The molecule has 1 fully saturated rings. The Morgan fingerprint density at radius 2 is 1.96 bits per heavy atom. The van der Waals surface area contributed by atoms with Gasteiger partial charge in [-0.1, -0.05) is 6.07 Å². The van der Waals surface area contributed by atoms with E-state index in [1.165, 1.54) is 12.1 Å². The van der Waals surface area contributed by atoms with E-state index < -0.39 is 17.8 Å². The topological polar surface area (TPSA) is 53.0 Å². The number of β-amino-alcohol motifs (C(OH)–C–C–N with tert-alkyl or cyclic N) is 1. The number of hydrogen-bond donors (Lipinski definition) is 1. The number of aliphatic hydroxyl groups is 1. The molecule has 1 atom stereocenters. The molecule has 1 aromatic carbocycles. The molecule has 0 saturated carbocycles. The molecule has 2 rings (SSSR count). The van der Waals surface area contributed by atoms with Crippen molar-refractivity contribution in [3.8, 4) is 5.75 Å². The van der Waals surface area contributed by atoms with Crippen LogP contribution in [0, 0.1) is 0 Å². The highest BCUT2D eigenvalue weighted by atomic mass is 19.4. The van der Waals surface area contributed by atoms with E-state index in [1.807, 2.05) is 0 Å². The second-order valence-corrected chi connectivity index (χ2v) is 5.84. The Kier molecular flexibility index (Phi) is 6.06. The minimum atomic E-state index is -4.44. The standard InChI is InChI=1S/C16H21F3N2O3/c1-12(22)10-20-5-7-21(8-6-20)15(23)11-24-14-4-2-3-13(9-14)16(17,18)19/h2-4,9,12,22H,5-8,10-11H2,1H3. The molecule has 5 nitrogen and oxygen atoms in total. The number of benzene rings is 1. The first-order valence-electron chi connectivity index (χ1n) is 7.74. The molecule has 0 radical (unpaired) electrons. The Hall–Kier alpha value is -1.80. The zero-order valence-corrected chi connectivity index (χ0v) is 13.4. The van der Waals surface area contributed by atoms with Gasteiger partial charge in [0, 0.05) is 32.7 Å². The summed E-state index contributed by atoms with van der Waals surface area (Å²) in [6, 6.07) is 4.48. The first kappa shape index (κ1) is 18.5. The third-order valence-electron chi connectivity index (χ3n) is 3.77. The summed E-state index contributed by atoms with van der Waals surface area (Å²) in [4.78, 5) is 15.8. The minimum Gasteiger partial charge on any atom is -0.484 e. The lowest BCUT2D eigenvalue weighted by atomic mass is 10.2. The molecule has 0 spiro atoms. The third-order valence-corrected chi connectivity index (χ3v) is 3.77. The SMILES string of the molecule is CC(O)CN1CCN(C(=O)COc2cccc(C(F)(F)F)c2)CC1. The van der Waals surface area contributed by atoms with Crippen molar-refractivity contribution in [3.63, 3.8) is 0 Å². The molecule has 1 aliphatic rings. The number of piperazine rings is 1. The molecule has 1 aliphatic heterocycles. The monoisotopic (exact) mass is 346 g/mol. The molecule has 1 N–H and O–H groups in total. The molecule has 0 bridgehead atoms. The summed E-state index contributed by atoms with van der Waals surface area (Å²) in [5.41, 5.74) is -0.806. The van der Waals surface area contributed by atoms with E-state index in [0.717, 1.165) is 12.1 Å². The smallest absolute Gasteiger partial charge is 0.416 e. The molecule has 0 aromatic heterocycles. The minimum absolute atomic E-state index is 0.0194. The number of alkyl halides is 3. The van der Waals surface area contributed by atoms with Crippen LogP contribution in [0.15, 0.2) is 24.3 Å². The molecule has 24 heavy (non-hydrogen) atoms. The van der Waals surface area contributed by atoms with Crippen LogP contribution in [-0.2, 0) is 11.0 Å². The lowest BCUT2D eigenvalue weighted by Crippen LogP contribution is -2.51. The predicted molar refractivity (Wildman–Crippen MR) is 81.6 cm³/mol. The number of carbonyl (C=O) groups excluding carboxylic acids is 1. The highest BCUT2D eigenvalue weighted by molar-refractivity contribution is 5.77. The van der Waals surface area contributed by atoms with Gasteiger partial charge < -0.3 is 14.7 Å². The Labute approximate surface area is 138 Å². The highest BCUT2D eigenvalue weighted by Crippen LogP contribution is 2.31. The van der Waals surface area contributed by atoms with Gasteiger partial charge in [0.1, 0.15) is 5.75 Å². The van der Waals surface area contributed by atoms with Crippen LogP contribution in [0.3, 0.4) is 0 Å². The van der Waals surface area contributed by atoms with Crippen molar-refractivity contribution in [1.29, 1.82) is 0 Å². The fourth-order valence-electron chi connectivity index (χ4n) is 2.55. The lowest BCUT2D eigenvalue weighted by molar-refractivity contribution is -0.137. The van der Waals surface area contributed by atoms with Gasteiger partial charge in [-0.3, -0.25) is 9.69 Å². The Bertz CT molecular complexity index is 556. The number of halogens is 3. The van der Waals surface area contributed by atoms with Crippen molar-refractivity contribution >= 4 is 5.91 Å². The average Bonchev–Trinajstić information content (AvgIpc) is 2.52. The van der Waals surface area contributed by atoms with E-state index in [9.17, 15) is 23.1 Å². The molecule has 1 heterocycles. The van der Waals surface area contributed by atoms with Crippen molar-refractivity contribution < 1.29 is 27.8 Å². The van der Waals surface area contributed by atoms with Gasteiger partial charge in [-0.05, 0) is 25.1 Å². The van der Waals surface area contributed by atoms with Crippen LogP contribution >= 0.6 is 0 Å². The van der Waals surface area contributed by atoms with Gasteiger partial charge in [0.2, 0.25) is 0 Å². The molecule has 134 valence electrons. The first-order chi connectivity index (χ1) is 11.3. The second-order valence-electron chi connectivity index (χ2n) is 5.84. The molecular formula is C16H21F3N2O3. The van der Waals surface area contributed by atoms with E-state index in [2.05, 4.69) is 4.90 Å². The molecule has 8 heteroatoms. The van der Waals surface area contributed by atoms with Crippen molar-refractivity contribution in [1.82, 2.24) is 9.80 Å². The van der Waals surface area contributed by atoms with Gasteiger partial charge in [0.25, 0.3) is 5.91 Å². The zero-order valence-electron chi connectivity index (χ0n) is 13.4. The van der Waals surface area contributed by atoms with E-state index in [4.69, 9.17) is 4.74 Å². The van der Waals surface area contributed by atoms with Crippen LogP contribution in [0.2, 0.25) is 0 Å². The van der Waals surface area contributed by atoms with Gasteiger partial charge in [-0.2, -0.15) is 13.2 Å². The van der Waals surface area contributed by atoms with Crippen molar-refractivity contribution in [3.05, 3.63) is 29.8 Å². The maximum Gasteiger partial charge on any atom is 0.416 e. The first-order valence-corrected chi connectivity index (χ1v) is 7.74. The molecule has 0 aliphatic carbocycles. The number of nitrogens with zero attached hydrogens (tertiary/aromatic N) is 2. The van der Waals surface area contributed by atoms with Crippen LogP contribution in [0.1, 0.15) is 12.5 Å². The summed E-state index contributed by atoms with van der Waals surface area (Å²) >= 11 is 0. The van der Waals surface area contributed by atoms with Crippen LogP contribution < -0.4 is 4.74 Å². The molecule has 1 saturated heterocycles. The van der Waals surface area contributed by atoms with E-state index in [-0.39, 0.29) is 18.3 Å². The fourth-order valence-corrected chi connectivity index (χ4v) is 2.55. The maximum atomic E-state index is 12.6. The lowest BCUT2D eigenvalue weighted by Gasteiger charge is -2.35. The van der Waals surface area contributed by atoms with Crippen molar-refractivity contribution in [2.75, 3.05) is 39.3 Å². The Morgan fingerprint density at radius 3 is 2.54 bits per heavy atom. The quantitative estimate of drug-likeness (QED) is 0.880. The average molecular weight is 346 g/mol.